The van der Waals surface area contributed by atoms with Gasteiger partial charge in [0.2, 0.25) is 5.91 Å². The van der Waals surface area contributed by atoms with Crippen LogP contribution in [0.4, 0.5) is 33.7 Å². The van der Waals surface area contributed by atoms with Crippen LogP contribution in [0.25, 0.3) is 11.1 Å². The molecule has 4 rings (SSSR count). The molecule has 0 unspecified atom stereocenters. The minimum absolute atomic E-state index is 0.00206. The zero-order chi connectivity index (χ0) is 30.1. The molecule has 0 spiro atoms. The Morgan fingerprint density at radius 2 is 1.78 bits per heavy atom. The number of nitrogens with zero attached hydrogens (tertiary/aromatic N) is 1. The molecule has 1 heterocycles. The number of hydrogen-bond donors (Lipinski definition) is 2. The molecule has 0 saturated carbocycles. The zero-order valence-electron chi connectivity index (χ0n) is 22.5. The van der Waals surface area contributed by atoms with Gasteiger partial charge in [0.25, 0.3) is 0 Å². The van der Waals surface area contributed by atoms with Gasteiger partial charge in [-0.2, -0.15) is 13.2 Å². The number of nitrogens with one attached hydrogen (secondary N) is 2. The van der Waals surface area contributed by atoms with Crippen molar-refractivity contribution in [1.29, 1.82) is 0 Å². The Hall–Kier alpha value is -3.93. The van der Waals surface area contributed by atoms with E-state index in [1.54, 1.807) is 23.1 Å². The topological polar surface area (TPSA) is 95.6 Å². The second kappa shape index (κ2) is 11.5. The lowest BCUT2D eigenvalue weighted by atomic mass is 9.93. The highest BCUT2D eigenvalue weighted by Gasteiger charge is 2.35. The Bertz CT molecular complexity index is 1590. The monoisotopic (exact) mass is 591 g/mol. The summed E-state index contributed by atoms with van der Waals surface area (Å²) in [6.45, 7) is 4.23. The van der Waals surface area contributed by atoms with E-state index in [0.29, 0.717) is 23.9 Å². The number of halogens is 4. The fourth-order valence-electron chi connectivity index (χ4n) is 4.80. The van der Waals surface area contributed by atoms with Crippen molar-refractivity contribution in [2.24, 2.45) is 0 Å². The van der Waals surface area contributed by atoms with E-state index < -0.39 is 45.2 Å². The average Bonchev–Trinajstić information content (AvgIpc) is 3.23. The molecule has 2 N–H and O–H groups in total. The van der Waals surface area contributed by atoms with Crippen LogP contribution < -0.4 is 15.5 Å². The Morgan fingerprint density at radius 1 is 1.07 bits per heavy atom. The number of urea groups is 1. The summed E-state index contributed by atoms with van der Waals surface area (Å²) in [6.07, 6.45) is -3.29. The first-order valence-electron chi connectivity index (χ1n) is 12.8. The summed E-state index contributed by atoms with van der Waals surface area (Å²) in [7, 11) is -3.27. The molecule has 1 aliphatic heterocycles. The SMILES string of the molecule is CC(C)c1cc(-c2ccccc2CS(C)(=O)=O)ccc1N1CC[C@@H](NC(=O)Nc2ccc(C(F)(F)F)cc2F)C1=O. The van der Waals surface area contributed by atoms with E-state index in [4.69, 9.17) is 0 Å². The molecule has 3 aromatic rings. The minimum Gasteiger partial charge on any atom is -0.326 e. The average molecular weight is 592 g/mol. The highest BCUT2D eigenvalue weighted by atomic mass is 32.2. The molecule has 1 aliphatic rings. The van der Waals surface area contributed by atoms with Crippen LogP contribution in [0.1, 0.15) is 42.9 Å². The number of anilines is 2. The maximum atomic E-state index is 14.1. The first-order valence-corrected chi connectivity index (χ1v) is 14.9. The van der Waals surface area contributed by atoms with Gasteiger partial charge in [0.1, 0.15) is 11.9 Å². The predicted octanol–water partition coefficient (Wildman–Crippen LogP) is 6.11. The predicted molar refractivity (Wildman–Crippen MR) is 149 cm³/mol. The molecule has 0 radical (unpaired) electrons. The van der Waals surface area contributed by atoms with E-state index in [9.17, 15) is 35.6 Å². The van der Waals surface area contributed by atoms with Crippen molar-refractivity contribution in [2.75, 3.05) is 23.0 Å². The number of sulfone groups is 1. The quantitative estimate of drug-likeness (QED) is 0.325. The Labute approximate surface area is 235 Å². The second-order valence-electron chi connectivity index (χ2n) is 10.3. The van der Waals surface area contributed by atoms with Gasteiger partial charge in [-0.25, -0.2) is 17.6 Å². The zero-order valence-corrected chi connectivity index (χ0v) is 23.4. The molecule has 7 nitrogen and oxygen atoms in total. The molecular formula is C29H29F4N3O4S. The van der Waals surface area contributed by atoms with Crippen molar-refractivity contribution < 1.29 is 35.6 Å². The summed E-state index contributed by atoms with van der Waals surface area (Å²) in [6, 6.07) is 12.6. The summed E-state index contributed by atoms with van der Waals surface area (Å²) < 4.78 is 76.4. The van der Waals surface area contributed by atoms with Gasteiger partial charge < -0.3 is 15.5 Å². The van der Waals surface area contributed by atoms with Crippen molar-refractivity contribution >= 4 is 33.2 Å². The number of carbonyl (C=O) groups excluding carboxylic acids is 2. The standard InChI is InChI=1S/C29H29F4N3O4S/c1-17(2)22-14-18(21-7-5-4-6-19(21)16-41(3,39)40)8-11-26(22)36-13-12-25(27(36)37)35-28(38)34-24-10-9-20(15-23(24)30)29(31,32)33/h4-11,14-15,17,25H,12-13,16H2,1-3H3,(H2,34,35,38)/t25-/m1/s1. The largest absolute Gasteiger partial charge is 0.416 e. The van der Waals surface area contributed by atoms with Crippen LogP contribution >= 0.6 is 0 Å². The lowest BCUT2D eigenvalue weighted by Gasteiger charge is -2.24. The number of alkyl halides is 3. The maximum absolute atomic E-state index is 14.1. The second-order valence-corrected chi connectivity index (χ2v) is 12.4. The summed E-state index contributed by atoms with van der Waals surface area (Å²) in [5.74, 6) is -1.76. The van der Waals surface area contributed by atoms with Gasteiger partial charge in [0.05, 0.1) is 17.0 Å². The first kappa shape index (κ1) is 30.0. The number of benzene rings is 3. The molecule has 0 aromatic heterocycles. The fraction of sp³-hybridized carbons (Fsp3) is 0.310. The van der Waals surface area contributed by atoms with Crippen molar-refractivity contribution in [3.05, 3.63) is 83.2 Å². The normalized spacial score (nSPS) is 15.9. The maximum Gasteiger partial charge on any atom is 0.416 e. The van der Waals surface area contributed by atoms with Crippen LogP contribution in [-0.4, -0.2) is 39.2 Å². The van der Waals surface area contributed by atoms with Gasteiger partial charge in [0, 0.05) is 18.5 Å². The molecule has 12 heteroatoms. The Balaban J connectivity index is 1.52. The van der Waals surface area contributed by atoms with Crippen LogP contribution in [0, 0.1) is 5.82 Å². The summed E-state index contributed by atoms with van der Waals surface area (Å²) in [4.78, 5) is 27.3. The third kappa shape index (κ3) is 7.05. The summed E-state index contributed by atoms with van der Waals surface area (Å²) >= 11 is 0. The third-order valence-electron chi connectivity index (χ3n) is 6.74. The molecule has 1 atom stereocenters. The highest BCUT2D eigenvalue weighted by molar-refractivity contribution is 7.89. The van der Waals surface area contributed by atoms with Crippen molar-refractivity contribution in [2.45, 2.75) is 44.2 Å². The molecule has 0 aliphatic carbocycles. The lowest BCUT2D eigenvalue weighted by molar-refractivity contribution is -0.137. The fourth-order valence-corrected chi connectivity index (χ4v) is 5.62. The number of rotatable bonds is 7. The van der Waals surface area contributed by atoms with Crippen LogP contribution in [0.2, 0.25) is 0 Å². The van der Waals surface area contributed by atoms with E-state index in [1.807, 2.05) is 38.1 Å². The number of carbonyl (C=O) groups is 2. The van der Waals surface area contributed by atoms with Crippen LogP contribution in [0.5, 0.6) is 0 Å². The summed E-state index contributed by atoms with van der Waals surface area (Å²) in [5, 5.41) is 4.64. The smallest absolute Gasteiger partial charge is 0.326 e. The molecular weight excluding hydrogens is 562 g/mol. The van der Waals surface area contributed by atoms with E-state index in [0.717, 1.165) is 22.8 Å². The third-order valence-corrected chi connectivity index (χ3v) is 7.58. The molecule has 0 bridgehead atoms. The van der Waals surface area contributed by atoms with Crippen molar-refractivity contribution in [1.82, 2.24) is 5.32 Å². The van der Waals surface area contributed by atoms with Crippen molar-refractivity contribution in [3.63, 3.8) is 0 Å². The Kier molecular flexibility index (Phi) is 8.44. The molecule has 218 valence electrons. The molecule has 1 saturated heterocycles. The van der Waals surface area contributed by atoms with Crippen molar-refractivity contribution in [3.8, 4) is 11.1 Å². The Morgan fingerprint density at radius 3 is 2.41 bits per heavy atom. The first-order chi connectivity index (χ1) is 19.1. The highest BCUT2D eigenvalue weighted by Crippen LogP contribution is 2.36. The van der Waals surface area contributed by atoms with E-state index >= 15 is 0 Å². The molecule has 41 heavy (non-hydrogen) atoms. The van der Waals surface area contributed by atoms with Gasteiger partial charge in [-0.3, -0.25) is 4.79 Å². The van der Waals surface area contributed by atoms with Gasteiger partial charge in [0.15, 0.2) is 9.84 Å². The van der Waals surface area contributed by atoms with E-state index in [2.05, 4.69) is 10.6 Å². The lowest BCUT2D eigenvalue weighted by Crippen LogP contribution is -2.43. The molecule has 1 fully saturated rings. The van der Waals surface area contributed by atoms with E-state index in [-0.39, 0.29) is 30.1 Å². The summed E-state index contributed by atoms with van der Waals surface area (Å²) in [5.41, 5.74) is 2.09. The van der Waals surface area contributed by atoms with Gasteiger partial charge in [-0.05, 0) is 64.9 Å². The van der Waals surface area contributed by atoms with Crippen LogP contribution in [0.15, 0.2) is 60.7 Å². The minimum atomic E-state index is -4.73. The van der Waals surface area contributed by atoms with E-state index in [1.165, 1.54) is 6.26 Å². The molecule has 3 amide bonds. The van der Waals surface area contributed by atoms with Gasteiger partial charge in [-0.15, -0.1) is 0 Å². The van der Waals surface area contributed by atoms with Gasteiger partial charge in [-0.1, -0.05) is 44.2 Å². The van der Waals surface area contributed by atoms with Crippen LogP contribution in [-0.2, 0) is 26.6 Å². The van der Waals surface area contributed by atoms with Gasteiger partial charge >= 0.3 is 12.2 Å². The van der Waals surface area contributed by atoms with Crippen LogP contribution in [0.3, 0.4) is 0 Å². The number of hydrogen-bond acceptors (Lipinski definition) is 4. The number of amides is 3. The molecule has 3 aromatic carbocycles.